The Kier molecular flexibility index (Phi) is 10.8. The van der Waals surface area contributed by atoms with Gasteiger partial charge in [0.2, 0.25) is 0 Å². The molecule has 0 unspecified atom stereocenters. The molecule has 170 valence electrons. The maximum atomic E-state index is 12.6. The number of aromatic nitrogens is 1. The summed E-state index contributed by atoms with van der Waals surface area (Å²) in [4.78, 5) is 11.1. The summed E-state index contributed by atoms with van der Waals surface area (Å²) in [7, 11) is 1.67. The first-order chi connectivity index (χ1) is 14.7. The van der Waals surface area contributed by atoms with E-state index in [0.717, 1.165) is 24.5 Å². The van der Waals surface area contributed by atoms with Crippen LogP contribution in [0.4, 0.5) is 14.6 Å². The van der Waals surface area contributed by atoms with Gasteiger partial charge in [-0.3, -0.25) is 4.99 Å². The molecule has 1 aliphatic rings. The number of guanidine groups is 1. The van der Waals surface area contributed by atoms with E-state index >= 15 is 0 Å². The Morgan fingerprint density at radius 2 is 1.81 bits per heavy atom. The molecule has 0 aliphatic carbocycles. The summed E-state index contributed by atoms with van der Waals surface area (Å²) in [6, 6.07) is 10.8. The van der Waals surface area contributed by atoms with Crippen LogP contribution in [0.5, 0.6) is 5.75 Å². The van der Waals surface area contributed by atoms with Gasteiger partial charge in [0.15, 0.2) is 5.96 Å². The van der Waals surface area contributed by atoms with Crippen LogP contribution in [-0.4, -0.2) is 37.7 Å². The van der Waals surface area contributed by atoms with Crippen LogP contribution in [0, 0.1) is 0 Å². The standard InChI is InChI=1S/C22H29F2N5O.HI/c1-25-22(28-16-18-8-4-5-9-19(18)30-21(23)24)27-15-17-10-11-26-20(14-17)29-12-6-2-3-7-13-29;/h4-5,8-11,14,21H,2-3,6-7,12-13,15-16H2,1H3,(H2,25,27,28);1H. The van der Waals surface area contributed by atoms with Gasteiger partial charge in [0.1, 0.15) is 11.6 Å². The maximum Gasteiger partial charge on any atom is 0.387 e. The van der Waals surface area contributed by atoms with Gasteiger partial charge in [-0.05, 0) is 36.6 Å². The lowest BCUT2D eigenvalue weighted by atomic mass is 10.2. The normalized spacial score (nSPS) is 14.6. The number of pyridine rings is 1. The van der Waals surface area contributed by atoms with Gasteiger partial charge < -0.3 is 20.3 Å². The average Bonchev–Trinajstić information content (AvgIpc) is 3.04. The second-order valence-corrected chi connectivity index (χ2v) is 7.19. The van der Waals surface area contributed by atoms with Crippen LogP contribution in [0.3, 0.4) is 0 Å². The lowest BCUT2D eigenvalue weighted by Crippen LogP contribution is -2.36. The molecule has 0 bridgehead atoms. The third-order valence-corrected chi connectivity index (χ3v) is 5.06. The molecule has 3 rings (SSSR count). The van der Waals surface area contributed by atoms with Gasteiger partial charge in [-0.2, -0.15) is 8.78 Å². The van der Waals surface area contributed by atoms with E-state index in [1.54, 1.807) is 25.2 Å². The van der Waals surface area contributed by atoms with Crippen LogP contribution in [0.2, 0.25) is 0 Å². The molecule has 6 nitrogen and oxygen atoms in total. The van der Waals surface area contributed by atoms with E-state index in [2.05, 4.69) is 36.3 Å². The Labute approximate surface area is 199 Å². The van der Waals surface area contributed by atoms with Gasteiger partial charge in [0.25, 0.3) is 0 Å². The summed E-state index contributed by atoms with van der Waals surface area (Å²) in [5, 5.41) is 6.41. The smallest absolute Gasteiger partial charge is 0.387 e. The molecule has 0 amide bonds. The van der Waals surface area contributed by atoms with Crippen LogP contribution in [-0.2, 0) is 13.1 Å². The van der Waals surface area contributed by atoms with Crippen molar-refractivity contribution < 1.29 is 13.5 Å². The number of rotatable bonds is 7. The molecule has 1 saturated heterocycles. The molecule has 0 atom stereocenters. The quantitative estimate of drug-likeness (QED) is 0.304. The van der Waals surface area contributed by atoms with Gasteiger partial charge in [0.05, 0.1) is 0 Å². The Morgan fingerprint density at radius 1 is 1.10 bits per heavy atom. The topological polar surface area (TPSA) is 61.8 Å². The first-order valence-electron chi connectivity index (χ1n) is 10.3. The van der Waals surface area contributed by atoms with Gasteiger partial charge in [-0.1, -0.05) is 31.0 Å². The number of alkyl halides is 2. The predicted molar refractivity (Wildman–Crippen MR) is 130 cm³/mol. The number of anilines is 1. The number of para-hydroxylation sites is 1. The molecule has 0 spiro atoms. The molecule has 2 heterocycles. The van der Waals surface area contributed by atoms with Crippen molar-refractivity contribution in [3.05, 3.63) is 53.7 Å². The van der Waals surface area contributed by atoms with Crippen LogP contribution >= 0.6 is 24.0 Å². The molecule has 31 heavy (non-hydrogen) atoms. The van der Waals surface area contributed by atoms with E-state index in [1.807, 2.05) is 12.3 Å². The minimum absolute atomic E-state index is 0. The van der Waals surface area contributed by atoms with Gasteiger partial charge in [0, 0.05) is 45.0 Å². The number of hydrogen-bond donors (Lipinski definition) is 2. The number of halogens is 3. The van der Waals surface area contributed by atoms with Gasteiger partial charge in [-0.25, -0.2) is 4.98 Å². The maximum absolute atomic E-state index is 12.6. The van der Waals surface area contributed by atoms with E-state index in [-0.39, 0.29) is 29.7 Å². The van der Waals surface area contributed by atoms with Crippen molar-refractivity contribution in [3.63, 3.8) is 0 Å². The van der Waals surface area contributed by atoms with Crippen LogP contribution in [0.1, 0.15) is 36.8 Å². The Morgan fingerprint density at radius 3 is 2.52 bits per heavy atom. The van der Waals surface area contributed by atoms with Gasteiger partial charge >= 0.3 is 6.61 Å². The molecule has 1 fully saturated rings. The second-order valence-electron chi connectivity index (χ2n) is 7.19. The molecule has 2 aromatic rings. The molecule has 1 aromatic carbocycles. The lowest BCUT2D eigenvalue weighted by Gasteiger charge is -2.22. The highest BCUT2D eigenvalue weighted by atomic mass is 127. The minimum atomic E-state index is -2.85. The minimum Gasteiger partial charge on any atom is -0.434 e. The van der Waals surface area contributed by atoms with Gasteiger partial charge in [-0.15, -0.1) is 24.0 Å². The third-order valence-electron chi connectivity index (χ3n) is 5.06. The summed E-state index contributed by atoms with van der Waals surface area (Å²) in [5.41, 5.74) is 1.74. The average molecular weight is 545 g/mol. The highest BCUT2D eigenvalue weighted by Crippen LogP contribution is 2.20. The Hall–Kier alpha value is -2.17. The molecule has 0 radical (unpaired) electrons. The van der Waals surface area contributed by atoms with E-state index in [0.29, 0.717) is 24.6 Å². The van der Waals surface area contributed by atoms with Crippen molar-refractivity contribution in [3.8, 4) is 5.75 Å². The molecule has 2 N–H and O–H groups in total. The number of benzene rings is 1. The summed E-state index contributed by atoms with van der Waals surface area (Å²) >= 11 is 0. The Bertz CT molecular complexity index is 829. The summed E-state index contributed by atoms with van der Waals surface area (Å²) < 4.78 is 29.7. The van der Waals surface area contributed by atoms with Crippen LogP contribution in [0.15, 0.2) is 47.6 Å². The predicted octanol–water partition coefficient (Wildman–Crippen LogP) is 4.55. The van der Waals surface area contributed by atoms with Crippen LogP contribution in [0.25, 0.3) is 0 Å². The Balaban J connectivity index is 0.00000341. The third kappa shape index (κ3) is 8.12. The van der Waals surface area contributed by atoms with Crippen molar-refractivity contribution in [2.75, 3.05) is 25.0 Å². The van der Waals surface area contributed by atoms with E-state index in [4.69, 9.17) is 0 Å². The number of aliphatic imine (C=N–C) groups is 1. The number of hydrogen-bond acceptors (Lipinski definition) is 4. The fourth-order valence-electron chi connectivity index (χ4n) is 3.49. The zero-order valence-corrected chi connectivity index (χ0v) is 20.0. The SMILES string of the molecule is CN=C(NCc1ccnc(N2CCCCCC2)c1)NCc1ccccc1OC(F)F.I. The van der Waals surface area contributed by atoms with E-state index in [1.165, 1.54) is 31.7 Å². The molecule has 9 heteroatoms. The van der Waals surface area contributed by atoms with Crippen molar-refractivity contribution in [1.29, 1.82) is 0 Å². The van der Waals surface area contributed by atoms with Crippen molar-refractivity contribution in [2.45, 2.75) is 45.4 Å². The van der Waals surface area contributed by atoms with Crippen molar-refractivity contribution in [1.82, 2.24) is 15.6 Å². The van der Waals surface area contributed by atoms with E-state index < -0.39 is 6.61 Å². The number of nitrogens with one attached hydrogen (secondary N) is 2. The molecular formula is C22H30F2IN5O. The molecule has 1 aromatic heterocycles. The molecule has 0 saturated carbocycles. The number of nitrogens with zero attached hydrogens (tertiary/aromatic N) is 3. The number of ether oxygens (including phenoxy) is 1. The monoisotopic (exact) mass is 545 g/mol. The van der Waals surface area contributed by atoms with Crippen molar-refractivity contribution >= 4 is 35.8 Å². The summed E-state index contributed by atoms with van der Waals surface area (Å²) in [6.07, 6.45) is 6.82. The highest BCUT2D eigenvalue weighted by Gasteiger charge is 2.12. The fourth-order valence-corrected chi connectivity index (χ4v) is 3.49. The van der Waals surface area contributed by atoms with E-state index in [9.17, 15) is 8.78 Å². The zero-order valence-electron chi connectivity index (χ0n) is 17.7. The zero-order chi connectivity index (χ0) is 21.2. The first-order valence-corrected chi connectivity index (χ1v) is 10.3. The molecular weight excluding hydrogens is 515 g/mol. The van der Waals surface area contributed by atoms with Crippen LogP contribution < -0.4 is 20.3 Å². The summed E-state index contributed by atoms with van der Waals surface area (Å²) in [5.74, 6) is 1.75. The second kappa shape index (κ2) is 13.3. The molecule has 1 aliphatic heterocycles. The largest absolute Gasteiger partial charge is 0.434 e. The lowest BCUT2D eigenvalue weighted by molar-refractivity contribution is -0.0504. The van der Waals surface area contributed by atoms with Crippen molar-refractivity contribution in [2.24, 2.45) is 4.99 Å². The highest BCUT2D eigenvalue weighted by molar-refractivity contribution is 14.0. The summed E-state index contributed by atoms with van der Waals surface area (Å²) in [6.45, 7) is 0.144. The first kappa shape index (κ1) is 25.1. The fraction of sp³-hybridized carbons (Fsp3) is 0.455.